The van der Waals surface area contributed by atoms with E-state index in [-0.39, 0.29) is 17.4 Å². The SMILES string of the molecule is O=C(/C=C/c1ccc(Cl)c(C(F)(F)F)c1)NNC(=O)C1CCCCC1. The molecule has 2 N–H and O–H groups in total. The Kier molecular flexibility index (Phi) is 6.47. The van der Waals surface area contributed by atoms with Gasteiger partial charge in [0.2, 0.25) is 5.91 Å². The number of nitrogens with one attached hydrogen (secondary N) is 2. The van der Waals surface area contributed by atoms with E-state index in [9.17, 15) is 22.8 Å². The van der Waals surface area contributed by atoms with Crippen LogP contribution in [0.4, 0.5) is 13.2 Å². The number of hydrogen-bond acceptors (Lipinski definition) is 2. The molecule has 0 aromatic heterocycles. The fourth-order valence-corrected chi connectivity index (χ4v) is 2.89. The van der Waals surface area contributed by atoms with Crippen molar-refractivity contribution in [2.24, 2.45) is 5.92 Å². The van der Waals surface area contributed by atoms with Crippen molar-refractivity contribution >= 4 is 29.5 Å². The van der Waals surface area contributed by atoms with Crippen molar-refractivity contribution < 1.29 is 22.8 Å². The molecule has 1 aliphatic carbocycles. The van der Waals surface area contributed by atoms with E-state index < -0.39 is 22.7 Å². The van der Waals surface area contributed by atoms with E-state index >= 15 is 0 Å². The Balaban J connectivity index is 1.90. The zero-order chi connectivity index (χ0) is 18.4. The summed E-state index contributed by atoms with van der Waals surface area (Å²) in [5.41, 5.74) is 3.78. The number of carbonyl (C=O) groups excluding carboxylic acids is 2. The summed E-state index contributed by atoms with van der Waals surface area (Å²) in [6, 6.07) is 3.33. The monoisotopic (exact) mass is 374 g/mol. The average Bonchev–Trinajstić information content (AvgIpc) is 2.58. The van der Waals surface area contributed by atoms with Gasteiger partial charge in [-0.25, -0.2) is 0 Å². The Bertz CT molecular complexity index is 668. The predicted molar refractivity (Wildman–Crippen MR) is 88.3 cm³/mol. The van der Waals surface area contributed by atoms with Crippen LogP contribution in [-0.2, 0) is 15.8 Å². The topological polar surface area (TPSA) is 58.2 Å². The summed E-state index contributed by atoms with van der Waals surface area (Å²) in [6.45, 7) is 0. The smallest absolute Gasteiger partial charge is 0.273 e. The molecule has 1 aromatic carbocycles. The fourth-order valence-electron chi connectivity index (χ4n) is 2.67. The summed E-state index contributed by atoms with van der Waals surface area (Å²) >= 11 is 5.53. The summed E-state index contributed by atoms with van der Waals surface area (Å²) in [5.74, 6) is -0.983. The van der Waals surface area contributed by atoms with Gasteiger partial charge in [-0.05, 0) is 36.6 Å². The normalized spacial score (nSPS) is 16.0. The molecule has 1 saturated carbocycles. The van der Waals surface area contributed by atoms with Crippen molar-refractivity contribution in [1.82, 2.24) is 10.9 Å². The van der Waals surface area contributed by atoms with Gasteiger partial charge in [-0.1, -0.05) is 36.9 Å². The molecule has 0 bridgehead atoms. The number of halogens is 4. The molecule has 0 saturated heterocycles. The molecule has 0 atom stereocenters. The Labute approximate surface area is 148 Å². The van der Waals surface area contributed by atoms with Gasteiger partial charge < -0.3 is 0 Å². The third-order valence-electron chi connectivity index (χ3n) is 4.01. The maximum absolute atomic E-state index is 12.8. The van der Waals surface area contributed by atoms with E-state index in [4.69, 9.17) is 11.6 Å². The molecule has 0 spiro atoms. The molecule has 2 amide bonds. The van der Waals surface area contributed by atoms with E-state index in [1.54, 1.807) is 0 Å². The minimum Gasteiger partial charge on any atom is -0.273 e. The molecule has 136 valence electrons. The van der Waals surface area contributed by atoms with E-state index in [2.05, 4.69) is 10.9 Å². The highest BCUT2D eigenvalue weighted by Gasteiger charge is 2.33. The lowest BCUT2D eigenvalue weighted by Crippen LogP contribution is -2.44. The van der Waals surface area contributed by atoms with Gasteiger partial charge in [0.1, 0.15) is 0 Å². The van der Waals surface area contributed by atoms with Crippen molar-refractivity contribution in [2.75, 3.05) is 0 Å². The van der Waals surface area contributed by atoms with Gasteiger partial charge in [-0.2, -0.15) is 13.2 Å². The zero-order valence-corrected chi connectivity index (χ0v) is 14.1. The second-order valence-corrected chi connectivity index (χ2v) is 6.29. The first-order valence-electron chi connectivity index (χ1n) is 7.92. The van der Waals surface area contributed by atoms with Crippen molar-refractivity contribution in [2.45, 2.75) is 38.3 Å². The van der Waals surface area contributed by atoms with Gasteiger partial charge >= 0.3 is 6.18 Å². The maximum Gasteiger partial charge on any atom is 0.417 e. The van der Waals surface area contributed by atoms with Crippen LogP contribution in [0, 0.1) is 5.92 Å². The molecule has 4 nitrogen and oxygen atoms in total. The van der Waals surface area contributed by atoms with Crippen LogP contribution in [0.2, 0.25) is 5.02 Å². The number of rotatable bonds is 3. The number of benzene rings is 1. The van der Waals surface area contributed by atoms with Crippen LogP contribution in [0.25, 0.3) is 6.08 Å². The molecule has 2 rings (SSSR count). The van der Waals surface area contributed by atoms with Gasteiger partial charge in [0, 0.05) is 12.0 Å². The van der Waals surface area contributed by atoms with E-state index in [0.29, 0.717) is 0 Å². The number of hydrogen-bond donors (Lipinski definition) is 2. The van der Waals surface area contributed by atoms with Crippen LogP contribution in [-0.4, -0.2) is 11.8 Å². The molecule has 8 heteroatoms. The first-order valence-corrected chi connectivity index (χ1v) is 8.30. The Morgan fingerprint density at radius 2 is 1.80 bits per heavy atom. The molecular weight excluding hydrogens is 357 g/mol. The highest BCUT2D eigenvalue weighted by atomic mass is 35.5. The van der Waals surface area contributed by atoms with Crippen LogP contribution in [0.1, 0.15) is 43.2 Å². The quantitative estimate of drug-likeness (QED) is 0.618. The Morgan fingerprint density at radius 1 is 1.12 bits per heavy atom. The minimum atomic E-state index is -4.57. The van der Waals surface area contributed by atoms with E-state index in [0.717, 1.165) is 50.3 Å². The Hall–Kier alpha value is -2.02. The molecular formula is C17H18ClF3N2O2. The first kappa shape index (κ1) is 19.3. The van der Waals surface area contributed by atoms with Crippen LogP contribution in [0.15, 0.2) is 24.3 Å². The standard InChI is InChI=1S/C17H18ClF3N2O2/c18-14-8-6-11(10-13(14)17(19,20)21)7-9-15(24)22-23-16(25)12-4-2-1-3-5-12/h6-10,12H,1-5H2,(H,22,24)(H,23,25)/b9-7+. The van der Waals surface area contributed by atoms with E-state index in [1.807, 2.05) is 0 Å². The summed E-state index contributed by atoms with van der Waals surface area (Å²) in [7, 11) is 0. The van der Waals surface area contributed by atoms with Crippen molar-refractivity contribution in [3.8, 4) is 0 Å². The molecule has 1 fully saturated rings. The lowest BCUT2D eigenvalue weighted by Gasteiger charge is -2.20. The van der Waals surface area contributed by atoms with Crippen molar-refractivity contribution in [1.29, 1.82) is 0 Å². The highest BCUT2D eigenvalue weighted by molar-refractivity contribution is 6.31. The van der Waals surface area contributed by atoms with Crippen LogP contribution >= 0.6 is 11.6 Å². The maximum atomic E-state index is 12.8. The third-order valence-corrected chi connectivity index (χ3v) is 4.34. The number of alkyl halides is 3. The number of hydrazine groups is 1. The van der Waals surface area contributed by atoms with Gasteiger partial charge in [0.25, 0.3) is 5.91 Å². The molecule has 25 heavy (non-hydrogen) atoms. The highest BCUT2D eigenvalue weighted by Crippen LogP contribution is 2.35. The summed E-state index contributed by atoms with van der Waals surface area (Å²) in [5, 5.41) is -0.408. The average molecular weight is 375 g/mol. The third kappa shape index (κ3) is 5.77. The minimum absolute atomic E-state index is 0.108. The summed E-state index contributed by atoms with van der Waals surface area (Å²) in [6.07, 6.45) is 2.37. The van der Waals surface area contributed by atoms with Gasteiger partial charge in [-0.3, -0.25) is 20.4 Å². The van der Waals surface area contributed by atoms with E-state index in [1.165, 1.54) is 12.1 Å². The molecule has 1 aromatic rings. The summed E-state index contributed by atoms with van der Waals surface area (Å²) in [4.78, 5) is 23.6. The molecule has 1 aliphatic rings. The second-order valence-electron chi connectivity index (χ2n) is 5.88. The Morgan fingerprint density at radius 3 is 2.44 bits per heavy atom. The molecule has 0 aliphatic heterocycles. The summed E-state index contributed by atoms with van der Waals surface area (Å²) < 4.78 is 38.3. The zero-order valence-electron chi connectivity index (χ0n) is 13.3. The van der Waals surface area contributed by atoms with Crippen LogP contribution < -0.4 is 10.9 Å². The second kappa shape index (κ2) is 8.38. The largest absolute Gasteiger partial charge is 0.417 e. The van der Waals surface area contributed by atoms with Crippen LogP contribution in [0.5, 0.6) is 0 Å². The number of carbonyl (C=O) groups is 2. The van der Waals surface area contributed by atoms with Crippen molar-refractivity contribution in [3.63, 3.8) is 0 Å². The molecule has 0 unspecified atom stereocenters. The molecule has 0 heterocycles. The van der Waals surface area contributed by atoms with Crippen molar-refractivity contribution in [3.05, 3.63) is 40.4 Å². The van der Waals surface area contributed by atoms with Gasteiger partial charge in [0.15, 0.2) is 0 Å². The van der Waals surface area contributed by atoms with Crippen LogP contribution in [0.3, 0.4) is 0 Å². The lowest BCUT2D eigenvalue weighted by atomic mass is 9.89. The predicted octanol–water partition coefficient (Wildman–Crippen LogP) is 4.10. The lowest BCUT2D eigenvalue weighted by molar-refractivity contribution is -0.137. The molecule has 0 radical (unpaired) electrons. The van der Waals surface area contributed by atoms with Gasteiger partial charge in [-0.15, -0.1) is 0 Å². The first-order chi connectivity index (χ1) is 11.8. The van der Waals surface area contributed by atoms with Gasteiger partial charge in [0.05, 0.1) is 10.6 Å². The number of amides is 2. The fraction of sp³-hybridized carbons (Fsp3) is 0.412.